The molecule has 0 N–H and O–H groups in total. The van der Waals surface area contributed by atoms with E-state index in [1.165, 1.54) is 46.6 Å². The van der Waals surface area contributed by atoms with Crippen LogP contribution in [-0.2, 0) is 0 Å². The lowest BCUT2D eigenvalue weighted by Crippen LogP contribution is -2.75. The standard InChI is InChI=1S/C54H40N2SSi/c1-6-21-41(22-7-1)55(42-23-8-2-9-24-42)44-27-20-32-48(39-44)58(46-28-12-4-13-29-46,47-30-14-5-15-31-47)54-36-19-17-34-51(54)56(43-25-10-3-11-26-43)45-37-38-50-49-33-16-18-35-52(49)57-53(50)40-45/h1-40H. The molecule has 10 rings (SSSR count). The largest absolute Gasteiger partial charge is 0.311 e. The van der Waals surface area contributed by atoms with Crippen LogP contribution in [0.3, 0.4) is 0 Å². The highest BCUT2D eigenvalue weighted by Crippen LogP contribution is 2.41. The van der Waals surface area contributed by atoms with Crippen molar-refractivity contribution in [2.24, 2.45) is 0 Å². The summed E-state index contributed by atoms with van der Waals surface area (Å²) < 4.78 is 2.59. The maximum Gasteiger partial charge on any atom is 0.181 e. The van der Waals surface area contributed by atoms with Gasteiger partial charge in [0.1, 0.15) is 0 Å². The first-order chi connectivity index (χ1) is 28.8. The molecule has 276 valence electrons. The van der Waals surface area contributed by atoms with E-state index in [-0.39, 0.29) is 0 Å². The number of para-hydroxylation sites is 4. The van der Waals surface area contributed by atoms with Crippen LogP contribution in [0.15, 0.2) is 243 Å². The van der Waals surface area contributed by atoms with Gasteiger partial charge in [0.25, 0.3) is 0 Å². The van der Waals surface area contributed by atoms with Crippen molar-refractivity contribution in [2.45, 2.75) is 0 Å². The molecule has 0 aliphatic heterocycles. The molecule has 0 aliphatic carbocycles. The average Bonchev–Trinajstić information content (AvgIpc) is 3.67. The minimum atomic E-state index is -3.10. The maximum absolute atomic E-state index is 3.10. The van der Waals surface area contributed by atoms with E-state index in [0.717, 1.165) is 28.4 Å². The second kappa shape index (κ2) is 15.5. The molecule has 0 saturated carbocycles. The SMILES string of the molecule is c1ccc(N(c2ccccc2)c2cccc([Si](c3ccccc3)(c3ccccc3)c3ccccc3N(c3ccccc3)c3ccc4c(c3)sc3ccccc34)c2)cc1. The van der Waals surface area contributed by atoms with Crippen LogP contribution in [0.5, 0.6) is 0 Å². The number of hydrogen-bond donors (Lipinski definition) is 0. The van der Waals surface area contributed by atoms with Gasteiger partial charge in [-0.2, -0.15) is 0 Å². The Kier molecular flexibility index (Phi) is 9.48. The van der Waals surface area contributed by atoms with E-state index in [1.54, 1.807) is 0 Å². The highest BCUT2D eigenvalue weighted by atomic mass is 32.1. The summed E-state index contributed by atoms with van der Waals surface area (Å²) in [6.45, 7) is 0. The van der Waals surface area contributed by atoms with Crippen molar-refractivity contribution in [3.63, 3.8) is 0 Å². The molecule has 0 atom stereocenters. The van der Waals surface area contributed by atoms with Crippen LogP contribution in [0.1, 0.15) is 0 Å². The van der Waals surface area contributed by atoms with Crippen molar-refractivity contribution in [3.8, 4) is 0 Å². The van der Waals surface area contributed by atoms with Crippen LogP contribution in [0.4, 0.5) is 34.1 Å². The van der Waals surface area contributed by atoms with Gasteiger partial charge in [0, 0.05) is 54.3 Å². The number of rotatable bonds is 10. The van der Waals surface area contributed by atoms with Crippen LogP contribution in [0.2, 0.25) is 0 Å². The molecule has 1 aromatic heterocycles. The number of hydrogen-bond acceptors (Lipinski definition) is 3. The zero-order valence-electron chi connectivity index (χ0n) is 31.9. The third-order valence-corrected chi connectivity index (χ3v) is 17.1. The minimum Gasteiger partial charge on any atom is -0.311 e. The summed E-state index contributed by atoms with van der Waals surface area (Å²) in [4.78, 5) is 4.86. The van der Waals surface area contributed by atoms with Crippen LogP contribution in [-0.4, -0.2) is 8.07 Å². The van der Waals surface area contributed by atoms with Crippen molar-refractivity contribution in [2.75, 3.05) is 9.80 Å². The molecule has 4 heteroatoms. The van der Waals surface area contributed by atoms with E-state index in [1.807, 2.05) is 11.3 Å². The molecule has 0 fully saturated rings. The first kappa shape index (κ1) is 35.4. The van der Waals surface area contributed by atoms with Gasteiger partial charge in [-0.15, -0.1) is 11.3 Å². The van der Waals surface area contributed by atoms with Gasteiger partial charge in [-0.05, 0) is 93.5 Å². The molecular weight excluding hydrogens is 737 g/mol. The van der Waals surface area contributed by atoms with E-state index < -0.39 is 8.07 Å². The fraction of sp³-hybridized carbons (Fsp3) is 0. The van der Waals surface area contributed by atoms with E-state index in [4.69, 9.17) is 0 Å². The number of nitrogens with zero attached hydrogens (tertiary/aromatic N) is 2. The Morgan fingerprint density at radius 3 is 1.36 bits per heavy atom. The molecule has 0 saturated heterocycles. The molecule has 2 nitrogen and oxygen atoms in total. The van der Waals surface area contributed by atoms with Crippen molar-refractivity contribution in [3.05, 3.63) is 243 Å². The predicted octanol–water partition coefficient (Wildman–Crippen LogP) is 12.4. The molecule has 1 heterocycles. The van der Waals surface area contributed by atoms with Gasteiger partial charge < -0.3 is 9.80 Å². The number of fused-ring (bicyclic) bond motifs is 3. The van der Waals surface area contributed by atoms with E-state index >= 15 is 0 Å². The lowest BCUT2D eigenvalue weighted by Gasteiger charge is -2.39. The van der Waals surface area contributed by atoms with Gasteiger partial charge in [0.05, 0.1) is 0 Å². The summed E-state index contributed by atoms with van der Waals surface area (Å²) >= 11 is 1.86. The summed E-state index contributed by atoms with van der Waals surface area (Å²) in [5.41, 5.74) is 6.77. The molecule has 0 amide bonds. The van der Waals surface area contributed by atoms with Crippen molar-refractivity contribution in [1.29, 1.82) is 0 Å². The van der Waals surface area contributed by atoms with Crippen molar-refractivity contribution < 1.29 is 0 Å². The monoisotopic (exact) mass is 776 g/mol. The normalized spacial score (nSPS) is 11.4. The van der Waals surface area contributed by atoms with Gasteiger partial charge in [0.2, 0.25) is 0 Å². The second-order valence-corrected chi connectivity index (χ2v) is 19.4. The minimum absolute atomic E-state index is 1.12. The maximum atomic E-state index is 2.48. The molecule has 0 spiro atoms. The Morgan fingerprint density at radius 1 is 0.293 bits per heavy atom. The second-order valence-electron chi connectivity index (χ2n) is 14.5. The highest BCUT2D eigenvalue weighted by Gasteiger charge is 2.44. The van der Waals surface area contributed by atoms with Crippen LogP contribution >= 0.6 is 11.3 Å². The molecule has 58 heavy (non-hydrogen) atoms. The molecule has 9 aromatic carbocycles. The Bertz CT molecular complexity index is 2870. The Morgan fingerprint density at radius 2 is 0.741 bits per heavy atom. The molecule has 0 aliphatic rings. The first-order valence-electron chi connectivity index (χ1n) is 19.8. The van der Waals surface area contributed by atoms with Crippen molar-refractivity contribution >= 4 is 94.5 Å². The van der Waals surface area contributed by atoms with Gasteiger partial charge in [-0.3, -0.25) is 0 Å². The van der Waals surface area contributed by atoms with Gasteiger partial charge in [0.15, 0.2) is 8.07 Å². The Hall–Kier alpha value is -6.98. The van der Waals surface area contributed by atoms with Gasteiger partial charge >= 0.3 is 0 Å². The van der Waals surface area contributed by atoms with E-state index in [2.05, 4.69) is 252 Å². The molecule has 0 unspecified atom stereocenters. The quantitative estimate of drug-likeness (QED) is 0.101. The van der Waals surface area contributed by atoms with E-state index in [0.29, 0.717) is 0 Å². The third-order valence-electron chi connectivity index (χ3n) is 11.2. The first-order valence-corrected chi connectivity index (χ1v) is 22.6. The zero-order chi connectivity index (χ0) is 38.7. The average molecular weight is 777 g/mol. The highest BCUT2D eigenvalue weighted by molar-refractivity contribution is 7.25. The van der Waals surface area contributed by atoms with E-state index in [9.17, 15) is 0 Å². The van der Waals surface area contributed by atoms with Crippen LogP contribution in [0.25, 0.3) is 20.2 Å². The molecular formula is C54H40N2SSi. The van der Waals surface area contributed by atoms with Gasteiger partial charge in [-0.1, -0.05) is 170 Å². The summed E-state index contributed by atoms with van der Waals surface area (Å²) in [6.07, 6.45) is 0. The molecule has 0 radical (unpaired) electrons. The number of anilines is 6. The van der Waals surface area contributed by atoms with Crippen LogP contribution < -0.4 is 30.5 Å². The fourth-order valence-corrected chi connectivity index (χ4v) is 14.8. The summed E-state index contributed by atoms with van der Waals surface area (Å²) in [5.74, 6) is 0. The number of benzene rings is 9. The lowest BCUT2D eigenvalue weighted by atomic mass is 10.1. The Balaban J connectivity index is 1.27. The lowest BCUT2D eigenvalue weighted by molar-refractivity contribution is 1.29. The smallest absolute Gasteiger partial charge is 0.181 e. The zero-order valence-corrected chi connectivity index (χ0v) is 33.7. The predicted molar refractivity (Wildman–Crippen MR) is 252 cm³/mol. The van der Waals surface area contributed by atoms with Crippen molar-refractivity contribution in [1.82, 2.24) is 0 Å². The number of thiophene rings is 1. The Labute approximate surface area is 345 Å². The van der Waals surface area contributed by atoms with Crippen LogP contribution in [0, 0.1) is 0 Å². The van der Waals surface area contributed by atoms with Gasteiger partial charge in [-0.25, -0.2) is 0 Å². The molecule has 10 aromatic rings. The topological polar surface area (TPSA) is 6.48 Å². The summed E-state index contributed by atoms with van der Waals surface area (Å²) in [6, 6.07) is 89.0. The summed E-state index contributed by atoms with van der Waals surface area (Å²) in [5, 5.41) is 7.87. The molecule has 0 bridgehead atoms. The fourth-order valence-electron chi connectivity index (χ4n) is 8.67. The summed E-state index contributed by atoms with van der Waals surface area (Å²) in [7, 11) is -3.10. The third kappa shape index (κ3) is 6.29.